The molecule has 1 aliphatic carbocycles. The summed E-state index contributed by atoms with van der Waals surface area (Å²) in [6.07, 6.45) is 4.97. The lowest BCUT2D eigenvalue weighted by molar-refractivity contribution is 0.0886. The molecular formula is C18H24ClN5O2. The molecule has 2 heterocycles. The van der Waals surface area contributed by atoms with Crippen LogP contribution in [0.15, 0.2) is 10.7 Å². The zero-order valence-electron chi connectivity index (χ0n) is 15.5. The van der Waals surface area contributed by atoms with Crippen molar-refractivity contribution in [3.8, 4) is 0 Å². The van der Waals surface area contributed by atoms with Crippen LogP contribution < -0.4 is 5.32 Å². The molecule has 2 aromatic rings. The first-order valence-corrected chi connectivity index (χ1v) is 9.39. The first kappa shape index (κ1) is 18.8. The molecule has 8 heteroatoms. The Morgan fingerprint density at radius 2 is 1.88 bits per heavy atom. The Morgan fingerprint density at radius 3 is 2.46 bits per heavy atom. The van der Waals surface area contributed by atoms with Gasteiger partial charge in [-0.15, -0.1) is 0 Å². The van der Waals surface area contributed by atoms with Gasteiger partial charge in [0.25, 0.3) is 5.91 Å². The molecule has 0 aliphatic heterocycles. The first-order valence-electron chi connectivity index (χ1n) is 9.01. The Bertz CT molecular complexity index is 797. The summed E-state index contributed by atoms with van der Waals surface area (Å²) in [7, 11) is 0. The van der Waals surface area contributed by atoms with Crippen LogP contribution in [-0.4, -0.2) is 26.0 Å². The highest BCUT2D eigenvalue weighted by Gasteiger charge is 2.42. The molecule has 1 fully saturated rings. The minimum absolute atomic E-state index is 0.102. The molecular weight excluding hydrogens is 354 g/mol. The third-order valence-electron chi connectivity index (χ3n) is 4.67. The molecule has 1 amide bonds. The van der Waals surface area contributed by atoms with Crippen LogP contribution >= 0.6 is 11.6 Å². The van der Waals surface area contributed by atoms with Crippen molar-refractivity contribution in [2.24, 2.45) is 0 Å². The molecule has 1 N–H and O–H groups in total. The van der Waals surface area contributed by atoms with E-state index in [0.717, 1.165) is 25.7 Å². The number of hydrogen-bond acceptors (Lipinski definition) is 6. The molecule has 0 unspecified atom stereocenters. The fraction of sp³-hybridized carbons (Fsp3) is 0.611. The Morgan fingerprint density at radius 1 is 1.19 bits per heavy atom. The Balaban J connectivity index is 1.91. The smallest absolute Gasteiger partial charge is 0.272 e. The first-order chi connectivity index (χ1) is 12.3. The maximum absolute atomic E-state index is 12.9. The highest BCUT2D eigenvalue weighted by atomic mass is 35.5. The topological polar surface area (TPSA) is 93.8 Å². The normalized spacial score (nSPS) is 16.4. The average molecular weight is 378 g/mol. The fourth-order valence-electron chi connectivity index (χ4n) is 3.14. The second-order valence-corrected chi connectivity index (χ2v) is 7.84. The highest BCUT2D eigenvalue weighted by Crippen LogP contribution is 2.38. The molecule has 1 saturated carbocycles. The number of halogens is 1. The van der Waals surface area contributed by atoms with Crippen LogP contribution in [0.3, 0.4) is 0 Å². The zero-order valence-corrected chi connectivity index (χ0v) is 16.3. The number of carbonyl (C=O) groups excluding carboxylic acids is 1. The summed E-state index contributed by atoms with van der Waals surface area (Å²) in [5.74, 6) is 1.59. The van der Waals surface area contributed by atoms with E-state index in [0.29, 0.717) is 17.5 Å². The SMILES string of the molecule is CC(C)c1ncc(Cl)c(C(=O)NC2(c3noc(C(C)C)n3)CCCC2)n1. The van der Waals surface area contributed by atoms with E-state index in [-0.39, 0.29) is 28.5 Å². The molecule has 140 valence electrons. The van der Waals surface area contributed by atoms with Crippen molar-refractivity contribution in [2.75, 3.05) is 0 Å². The van der Waals surface area contributed by atoms with Crippen LogP contribution in [-0.2, 0) is 5.54 Å². The number of nitrogens with zero attached hydrogens (tertiary/aromatic N) is 4. The second kappa shape index (κ2) is 7.31. The number of hydrogen-bond donors (Lipinski definition) is 1. The summed E-state index contributed by atoms with van der Waals surface area (Å²) in [4.78, 5) is 26.0. The minimum atomic E-state index is -0.639. The van der Waals surface area contributed by atoms with Gasteiger partial charge in [0.2, 0.25) is 5.89 Å². The van der Waals surface area contributed by atoms with E-state index >= 15 is 0 Å². The van der Waals surface area contributed by atoms with Gasteiger partial charge in [-0.05, 0) is 12.8 Å². The molecule has 0 atom stereocenters. The third kappa shape index (κ3) is 3.58. The lowest BCUT2D eigenvalue weighted by Gasteiger charge is -2.26. The molecule has 1 aliphatic rings. The predicted molar refractivity (Wildman–Crippen MR) is 97.1 cm³/mol. The van der Waals surface area contributed by atoms with Crippen molar-refractivity contribution in [3.63, 3.8) is 0 Å². The summed E-state index contributed by atoms with van der Waals surface area (Å²) >= 11 is 6.18. The Kier molecular flexibility index (Phi) is 5.27. The standard InChI is InChI=1S/C18H24ClN5O2/c1-10(2)14-20-9-12(19)13(21-14)15(25)23-18(7-5-6-8-18)17-22-16(11(3)4)26-24-17/h9-11H,5-8H2,1-4H3,(H,23,25). The molecule has 0 saturated heterocycles. The minimum Gasteiger partial charge on any atom is -0.339 e. The molecule has 0 radical (unpaired) electrons. The number of aromatic nitrogens is 4. The van der Waals surface area contributed by atoms with Gasteiger partial charge in [0.1, 0.15) is 17.1 Å². The Hall–Kier alpha value is -2.02. The monoisotopic (exact) mass is 377 g/mol. The zero-order chi connectivity index (χ0) is 18.9. The number of carbonyl (C=O) groups is 1. The second-order valence-electron chi connectivity index (χ2n) is 7.43. The summed E-state index contributed by atoms with van der Waals surface area (Å²) < 4.78 is 5.36. The van der Waals surface area contributed by atoms with Crippen molar-refractivity contribution in [1.82, 2.24) is 25.4 Å². The van der Waals surface area contributed by atoms with Gasteiger partial charge in [-0.25, -0.2) is 9.97 Å². The van der Waals surface area contributed by atoms with Gasteiger partial charge in [0.15, 0.2) is 5.82 Å². The van der Waals surface area contributed by atoms with Crippen molar-refractivity contribution in [1.29, 1.82) is 0 Å². The number of amides is 1. The lowest BCUT2D eigenvalue weighted by Crippen LogP contribution is -2.45. The van der Waals surface area contributed by atoms with Crippen molar-refractivity contribution in [3.05, 3.63) is 34.5 Å². The maximum Gasteiger partial charge on any atom is 0.272 e. The highest BCUT2D eigenvalue weighted by molar-refractivity contribution is 6.33. The van der Waals surface area contributed by atoms with Crippen molar-refractivity contribution < 1.29 is 9.32 Å². The fourth-order valence-corrected chi connectivity index (χ4v) is 3.32. The quantitative estimate of drug-likeness (QED) is 0.847. The summed E-state index contributed by atoms with van der Waals surface area (Å²) in [5.41, 5.74) is -0.454. The summed E-state index contributed by atoms with van der Waals surface area (Å²) in [6, 6.07) is 0. The van der Waals surface area contributed by atoms with E-state index in [1.807, 2.05) is 27.7 Å². The van der Waals surface area contributed by atoms with Gasteiger partial charge >= 0.3 is 0 Å². The predicted octanol–water partition coefficient (Wildman–Crippen LogP) is 3.96. The van der Waals surface area contributed by atoms with Gasteiger partial charge in [-0.1, -0.05) is 57.3 Å². The molecule has 3 rings (SSSR count). The Labute approximate surface area is 158 Å². The van der Waals surface area contributed by atoms with Gasteiger partial charge in [0, 0.05) is 11.8 Å². The molecule has 2 aromatic heterocycles. The van der Waals surface area contributed by atoms with Crippen LogP contribution in [0.5, 0.6) is 0 Å². The summed E-state index contributed by atoms with van der Waals surface area (Å²) in [6.45, 7) is 7.92. The maximum atomic E-state index is 12.9. The molecule has 0 aromatic carbocycles. The van der Waals surface area contributed by atoms with Crippen molar-refractivity contribution >= 4 is 17.5 Å². The number of nitrogens with one attached hydrogen (secondary N) is 1. The van der Waals surface area contributed by atoms with Gasteiger partial charge in [-0.3, -0.25) is 4.79 Å². The van der Waals surface area contributed by atoms with Crippen LogP contribution in [0, 0.1) is 0 Å². The van der Waals surface area contributed by atoms with E-state index in [4.69, 9.17) is 16.1 Å². The largest absolute Gasteiger partial charge is 0.339 e. The molecule has 0 bridgehead atoms. The van der Waals surface area contributed by atoms with E-state index in [2.05, 4.69) is 25.4 Å². The summed E-state index contributed by atoms with van der Waals surface area (Å²) in [5, 5.41) is 7.46. The van der Waals surface area contributed by atoms with E-state index < -0.39 is 5.54 Å². The lowest BCUT2D eigenvalue weighted by atomic mass is 9.96. The third-order valence-corrected chi connectivity index (χ3v) is 4.94. The van der Waals surface area contributed by atoms with Crippen LogP contribution in [0.25, 0.3) is 0 Å². The average Bonchev–Trinajstić information content (AvgIpc) is 3.24. The van der Waals surface area contributed by atoms with Gasteiger partial charge in [-0.2, -0.15) is 4.98 Å². The van der Waals surface area contributed by atoms with Gasteiger partial charge < -0.3 is 9.84 Å². The van der Waals surface area contributed by atoms with Crippen LogP contribution in [0.4, 0.5) is 0 Å². The van der Waals surface area contributed by atoms with Crippen LogP contribution in [0.2, 0.25) is 5.02 Å². The van der Waals surface area contributed by atoms with E-state index in [1.165, 1.54) is 6.20 Å². The molecule has 7 nitrogen and oxygen atoms in total. The van der Waals surface area contributed by atoms with Gasteiger partial charge in [0.05, 0.1) is 11.2 Å². The van der Waals surface area contributed by atoms with Crippen molar-refractivity contribution in [2.45, 2.75) is 70.8 Å². The molecule has 26 heavy (non-hydrogen) atoms. The number of rotatable bonds is 5. The molecule has 0 spiro atoms. The van der Waals surface area contributed by atoms with Crippen LogP contribution in [0.1, 0.15) is 93.2 Å². The van der Waals surface area contributed by atoms with E-state index in [9.17, 15) is 4.79 Å². The van der Waals surface area contributed by atoms with E-state index in [1.54, 1.807) is 0 Å².